The zero-order valence-electron chi connectivity index (χ0n) is 56.0. The summed E-state index contributed by atoms with van der Waals surface area (Å²) in [5, 5.41) is 10.3. The Morgan fingerprint density at radius 3 is 1.00 bits per heavy atom. The molecular weight excluding hydrogens is 1210 g/mol. The summed E-state index contributed by atoms with van der Waals surface area (Å²) in [7, 11) is 0. The summed E-state index contributed by atoms with van der Waals surface area (Å²) in [6.07, 6.45) is 0. The van der Waals surface area contributed by atoms with E-state index in [0.717, 1.165) is 17.1 Å². The minimum absolute atomic E-state index is 0.257. The van der Waals surface area contributed by atoms with E-state index in [9.17, 15) is 0 Å². The second kappa shape index (κ2) is 21.0. The van der Waals surface area contributed by atoms with Crippen LogP contribution in [0.25, 0.3) is 177 Å². The van der Waals surface area contributed by atoms with Crippen molar-refractivity contribution < 1.29 is 0 Å². The van der Waals surface area contributed by atoms with Gasteiger partial charge in [-0.3, -0.25) is 0 Å². The van der Waals surface area contributed by atoms with E-state index in [4.69, 9.17) is 0 Å². The predicted octanol–water partition coefficient (Wildman–Crippen LogP) is 25.4. The van der Waals surface area contributed by atoms with E-state index in [1.165, 1.54) is 182 Å². The highest BCUT2D eigenvalue weighted by Gasteiger charge is 2.42. The lowest BCUT2D eigenvalue weighted by Crippen LogP contribution is -2.16. The Balaban J connectivity index is 0.591. The molecule has 0 atom stereocenters. The van der Waals surface area contributed by atoms with E-state index < -0.39 is 0 Å². The monoisotopic (exact) mass is 1270 g/mol. The van der Waals surface area contributed by atoms with Gasteiger partial charge in [0.2, 0.25) is 0 Å². The van der Waals surface area contributed by atoms with Crippen LogP contribution in [0.3, 0.4) is 0 Å². The molecule has 100 heavy (non-hydrogen) atoms. The molecule has 0 spiro atoms. The van der Waals surface area contributed by atoms with E-state index in [0.29, 0.717) is 0 Å². The average molecular weight is 1280 g/mol. The molecule has 0 aliphatic heterocycles. The average Bonchev–Trinajstić information content (AvgIpc) is 1.53. The number of benzene rings is 15. The molecule has 0 bridgehead atoms. The summed E-state index contributed by atoms with van der Waals surface area (Å²) in [6.45, 7) is 9.74. The Labute approximate surface area is 579 Å². The third-order valence-electron chi connectivity index (χ3n) is 22.7. The lowest BCUT2D eigenvalue weighted by molar-refractivity contribution is 0.661. The number of aromatic nitrogens is 4. The summed E-state index contributed by atoms with van der Waals surface area (Å²) in [5.74, 6) is 0. The molecule has 19 aromatic rings. The number of hydrogen-bond acceptors (Lipinski definition) is 0. The van der Waals surface area contributed by atoms with Gasteiger partial charge in [-0.2, -0.15) is 0 Å². The summed E-state index contributed by atoms with van der Waals surface area (Å²) < 4.78 is 9.89. The van der Waals surface area contributed by atoms with Gasteiger partial charge in [-0.1, -0.05) is 240 Å². The first-order chi connectivity index (χ1) is 49.1. The van der Waals surface area contributed by atoms with Crippen molar-refractivity contribution >= 4 is 87.2 Å². The fraction of sp³-hybridized carbons (Fsp3) is 0.0625. The van der Waals surface area contributed by atoms with Crippen LogP contribution in [-0.2, 0) is 10.8 Å². The minimum atomic E-state index is -0.284. The Kier molecular flexibility index (Phi) is 11.9. The largest absolute Gasteiger partial charge is 0.309 e. The zero-order chi connectivity index (χ0) is 66.3. The van der Waals surface area contributed by atoms with E-state index in [1.807, 2.05) is 0 Å². The highest BCUT2D eigenvalue weighted by molar-refractivity contribution is 6.20. The van der Waals surface area contributed by atoms with Crippen molar-refractivity contribution in [2.24, 2.45) is 0 Å². The molecule has 0 N–H and O–H groups in total. The van der Waals surface area contributed by atoms with Crippen molar-refractivity contribution in [3.8, 4) is 89.5 Å². The minimum Gasteiger partial charge on any atom is -0.309 e. The summed E-state index contributed by atoms with van der Waals surface area (Å²) in [4.78, 5) is 0. The lowest BCUT2D eigenvalue weighted by Gasteiger charge is -2.24. The first-order valence-corrected chi connectivity index (χ1v) is 35.1. The maximum absolute atomic E-state index is 2.51. The van der Waals surface area contributed by atoms with Gasteiger partial charge in [0.15, 0.2) is 0 Å². The standard InChI is InChI=1S/C96H66N4/c1-95(2)81-57-89-79(71-29-11-15-33-83(71)99(89)69-45-41-60(42-46-69)59-21-7-5-8-22-59)55-77(81)78-56-80-72-30-12-16-34-84(72)100(90(80)58-82(78)95)70-28-20-25-66(54-70)62-39-37-61(38-40-62)64-23-19-24-65(53-64)63-43-47-68(48-44-63)98-86-36-18-14-32-76(86)92-88(98)52-50-74-73-49-51-87-91(93(73)96(3,4)94(74)92)75-31-13-17-35-85(75)97(87)67-26-9-6-10-27-67/h5-58H,1-4H3. The molecule has 2 aliphatic rings. The number of fused-ring (bicyclic) bond motifs is 20. The fourth-order valence-electron chi connectivity index (χ4n) is 18.1. The lowest BCUT2D eigenvalue weighted by atomic mass is 9.79. The van der Waals surface area contributed by atoms with Crippen LogP contribution in [0.4, 0.5) is 0 Å². The van der Waals surface area contributed by atoms with Crippen molar-refractivity contribution in [2.75, 3.05) is 0 Å². The third-order valence-corrected chi connectivity index (χ3v) is 22.7. The molecule has 0 unspecified atom stereocenters. The van der Waals surface area contributed by atoms with Gasteiger partial charge in [0, 0.05) is 76.7 Å². The van der Waals surface area contributed by atoms with Crippen LogP contribution in [0.2, 0.25) is 0 Å². The molecule has 470 valence electrons. The van der Waals surface area contributed by atoms with E-state index in [2.05, 4.69) is 374 Å². The Hall–Kier alpha value is -12.5. The zero-order valence-corrected chi connectivity index (χ0v) is 56.0. The first-order valence-electron chi connectivity index (χ1n) is 35.1. The smallest absolute Gasteiger partial charge is 0.0544 e. The van der Waals surface area contributed by atoms with Gasteiger partial charge < -0.3 is 18.3 Å². The van der Waals surface area contributed by atoms with Crippen molar-refractivity contribution in [3.63, 3.8) is 0 Å². The van der Waals surface area contributed by atoms with Crippen LogP contribution in [0, 0.1) is 0 Å². The molecule has 4 nitrogen and oxygen atoms in total. The summed E-state index contributed by atoms with van der Waals surface area (Å²) in [6, 6.07) is 122. The van der Waals surface area contributed by atoms with Crippen LogP contribution in [0.15, 0.2) is 328 Å². The molecule has 0 saturated heterocycles. The number of hydrogen-bond donors (Lipinski definition) is 0. The van der Waals surface area contributed by atoms with Crippen LogP contribution >= 0.6 is 0 Å². The van der Waals surface area contributed by atoms with E-state index >= 15 is 0 Å². The molecular formula is C96H66N4. The SMILES string of the molecule is CC1(C)c2cc3c(cc2-c2cc4c5ccccc5n(-c5cccc(-c6ccc(-c7cccc(-c8ccc(-n9c%10ccccc%10c%10c%11c(ccc%109)-c9ccc%10c(c9C%11(C)C)c9ccccc9n%10-c9ccccc9)cc8)c7)cc6)c5)c4cc21)c1ccccc1n3-c1ccc(-c2ccccc2)cc1. The first kappa shape index (κ1) is 56.7. The van der Waals surface area contributed by atoms with Crippen molar-refractivity contribution in [3.05, 3.63) is 350 Å². The molecule has 0 fully saturated rings. The van der Waals surface area contributed by atoms with Gasteiger partial charge in [0.05, 0.1) is 44.1 Å². The topological polar surface area (TPSA) is 19.7 Å². The van der Waals surface area contributed by atoms with Crippen LogP contribution < -0.4 is 0 Å². The van der Waals surface area contributed by atoms with Crippen molar-refractivity contribution in [2.45, 2.75) is 38.5 Å². The maximum Gasteiger partial charge on any atom is 0.0544 e. The second-order valence-corrected chi connectivity index (χ2v) is 28.8. The molecule has 0 saturated carbocycles. The molecule has 0 radical (unpaired) electrons. The molecule has 21 rings (SSSR count). The van der Waals surface area contributed by atoms with Gasteiger partial charge in [0.25, 0.3) is 0 Å². The molecule has 15 aromatic carbocycles. The Bertz CT molecular complexity index is 6650. The quantitative estimate of drug-likeness (QED) is 0.144. The van der Waals surface area contributed by atoms with Crippen LogP contribution in [0.5, 0.6) is 0 Å². The predicted molar refractivity (Wildman–Crippen MR) is 421 cm³/mol. The van der Waals surface area contributed by atoms with Crippen molar-refractivity contribution in [1.82, 2.24) is 18.3 Å². The van der Waals surface area contributed by atoms with E-state index in [1.54, 1.807) is 0 Å². The normalized spacial score (nSPS) is 13.6. The van der Waals surface area contributed by atoms with Crippen molar-refractivity contribution in [1.29, 1.82) is 0 Å². The Morgan fingerprint density at radius 2 is 0.520 bits per heavy atom. The number of rotatable bonds is 8. The van der Waals surface area contributed by atoms with E-state index in [-0.39, 0.29) is 10.8 Å². The van der Waals surface area contributed by atoms with Gasteiger partial charge in [0.1, 0.15) is 0 Å². The van der Waals surface area contributed by atoms with Gasteiger partial charge in [-0.05, 0) is 204 Å². The van der Waals surface area contributed by atoms with Crippen LogP contribution in [-0.4, -0.2) is 18.3 Å². The second-order valence-electron chi connectivity index (χ2n) is 28.8. The van der Waals surface area contributed by atoms with Gasteiger partial charge in [-0.25, -0.2) is 0 Å². The van der Waals surface area contributed by atoms with Gasteiger partial charge >= 0.3 is 0 Å². The number of para-hydroxylation sites is 5. The summed E-state index contributed by atoms with van der Waals surface area (Å²) in [5.41, 5.74) is 34.2. The molecule has 0 amide bonds. The fourth-order valence-corrected chi connectivity index (χ4v) is 18.1. The number of nitrogens with zero attached hydrogens (tertiary/aromatic N) is 4. The summed E-state index contributed by atoms with van der Waals surface area (Å²) >= 11 is 0. The molecule has 4 heteroatoms. The highest BCUT2D eigenvalue weighted by Crippen LogP contribution is 2.58. The third kappa shape index (κ3) is 8.04. The van der Waals surface area contributed by atoms with Gasteiger partial charge in [-0.15, -0.1) is 0 Å². The Morgan fingerprint density at radius 1 is 0.190 bits per heavy atom. The molecule has 4 heterocycles. The highest BCUT2D eigenvalue weighted by atomic mass is 15.0. The molecule has 4 aromatic heterocycles. The van der Waals surface area contributed by atoms with Crippen LogP contribution in [0.1, 0.15) is 49.9 Å². The molecule has 2 aliphatic carbocycles. The maximum atomic E-state index is 2.51.